The summed E-state index contributed by atoms with van der Waals surface area (Å²) in [6, 6.07) is 27.2. The topological polar surface area (TPSA) is 63.1 Å². The van der Waals surface area contributed by atoms with E-state index < -0.39 is 6.17 Å². The summed E-state index contributed by atoms with van der Waals surface area (Å²) in [5, 5.41) is 12.6. The van der Waals surface area contributed by atoms with Gasteiger partial charge in [0.05, 0.1) is 23.5 Å². The largest absolute Gasteiger partial charge is 0.359 e. The average molecular weight is 395 g/mol. The number of para-hydroxylation sites is 2. The first kappa shape index (κ1) is 18.1. The van der Waals surface area contributed by atoms with Gasteiger partial charge in [-0.25, -0.2) is 0 Å². The van der Waals surface area contributed by atoms with E-state index in [0.717, 1.165) is 16.9 Å². The molecule has 1 N–H and O–H groups in total. The van der Waals surface area contributed by atoms with E-state index in [0.29, 0.717) is 11.3 Å². The maximum atomic E-state index is 13.5. The first-order valence-electron chi connectivity index (χ1n) is 9.93. The minimum atomic E-state index is -0.430. The van der Waals surface area contributed by atoms with Crippen molar-refractivity contribution in [3.05, 3.63) is 108 Å². The van der Waals surface area contributed by atoms with Gasteiger partial charge in [0, 0.05) is 5.69 Å². The molecule has 0 radical (unpaired) electrons. The molecule has 2 atom stereocenters. The van der Waals surface area contributed by atoms with E-state index >= 15 is 0 Å². The number of benzene rings is 3. The Hall–Kier alpha value is -3.93. The van der Waals surface area contributed by atoms with Crippen LogP contribution in [0.15, 0.2) is 91.1 Å². The number of hydrogen-bond donors (Lipinski definition) is 1. The number of fused-ring (bicyclic) bond motifs is 1. The number of carbonyl (C=O) groups is 1. The second-order valence-corrected chi connectivity index (χ2v) is 7.29. The highest BCUT2D eigenvalue weighted by Crippen LogP contribution is 2.38. The van der Waals surface area contributed by atoms with E-state index in [9.17, 15) is 4.79 Å². The fourth-order valence-electron chi connectivity index (χ4n) is 3.86. The summed E-state index contributed by atoms with van der Waals surface area (Å²) in [4.78, 5) is 17.0. The number of nitrogens with one attached hydrogen (secondary N) is 1. The van der Waals surface area contributed by atoms with Crippen LogP contribution in [0.25, 0.3) is 5.69 Å². The number of anilines is 1. The van der Waals surface area contributed by atoms with Gasteiger partial charge in [-0.2, -0.15) is 9.90 Å². The third-order valence-electron chi connectivity index (χ3n) is 5.44. The zero-order valence-electron chi connectivity index (χ0n) is 16.5. The highest BCUT2D eigenvalue weighted by atomic mass is 16.2. The molecule has 4 aromatic rings. The second kappa shape index (κ2) is 7.48. The standard InChI is InChI=1S/C24H21N5O/c1-17(18-10-4-2-5-11-18)28-23(26-21-15-9-8-14-20(21)24(28)30)22-16-25-29(27-22)19-12-6-3-7-13-19/h2-17,23,26H,1H3/t17-,23+/m0/s1. The minimum Gasteiger partial charge on any atom is -0.359 e. The van der Waals surface area contributed by atoms with Crippen LogP contribution in [-0.2, 0) is 0 Å². The molecular weight excluding hydrogens is 374 g/mol. The summed E-state index contributed by atoms with van der Waals surface area (Å²) in [6.45, 7) is 2.04. The number of nitrogens with zero attached hydrogens (tertiary/aromatic N) is 4. The van der Waals surface area contributed by atoms with Crippen molar-refractivity contribution in [1.29, 1.82) is 0 Å². The number of hydrogen-bond acceptors (Lipinski definition) is 4. The molecule has 0 saturated carbocycles. The highest BCUT2D eigenvalue weighted by molar-refractivity contribution is 6.01. The van der Waals surface area contributed by atoms with Crippen LogP contribution in [0.3, 0.4) is 0 Å². The average Bonchev–Trinajstić information content (AvgIpc) is 3.30. The molecule has 0 saturated heterocycles. The van der Waals surface area contributed by atoms with Crippen LogP contribution in [0.2, 0.25) is 0 Å². The molecule has 30 heavy (non-hydrogen) atoms. The lowest BCUT2D eigenvalue weighted by Gasteiger charge is -2.40. The first-order valence-corrected chi connectivity index (χ1v) is 9.93. The summed E-state index contributed by atoms with van der Waals surface area (Å²) in [7, 11) is 0. The summed E-state index contributed by atoms with van der Waals surface area (Å²) >= 11 is 0. The van der Waals surface area contributed by atoms with Crippen LogP contribution in [-0.4, -0.2) is 25.8 Å². The lowest BCUT2D eigenvalue weighted by Crippen LogP contribution is -2.44. The van der Waals surface area contributed by atoms with Crippen LogP contribution in [0, 0.1) is 0 Å². The summed E-state index contributed by atoms with van der Waals surface area (Å²) in [5.41, 5.74) is 4.08. The third kappa shape index (κ3) is 3.12. The number of carbonyl (C=O) groups excluding carboxylic acids is 1. The quantitative estimate of drug-likeness (QED) is 0.549. The molecule has 0 aliphatic carbocycles. The molecule has 6 nitrogen and oxygen atoms in total. The Bertz CT molecular complexity index is 1170. The van der Waals surface area contributed by atoms with Crippen LogP contribution < -0.4 is 5.32 Å². The highest BCUT2D eigenvalue weighted by Gasteiger charge is 2.37. The zero-order valence-corrected chi connectivity index (χ0v) is 16.5. The van der Waals surface area contributed by atoms with Crippen LogP contribution in [0.4, 0.5) is 5.69 Å². The fraction of sp³-hybridized carbons (Fsp3) is 0.125. The third-order valence-corrected chi connectivity index (χ3v) is 5.44. The predicted molar refractivity (Wildman–Crippen MR) is 115 cm³/mol. The summed E-state index contributed by atoms with van der Waals surface area (Å²) in [6.07, 6.45) is 1.29. The maximum Gasteiger partial charge on any atom is 0.258 e. The van der Waals surface area contributed by atoms with Crippen molar-refractivity contribution in [1.82, 2.24) is 19.9 Å². The Morgan fingerprint density at radius 1 is 0.900 bits per heavy atom. The van der Waals surface area contributed by atoms with Crippen molar-refractivity contribution in [3.8, 4) is 5.69 Å². The fourth-order valence-corrected chi connectivity index (χ4v) is 3.86. The van der Waals surface area contributed by atoms with Gasteiger partial charge in [0.15, 0.2) is 0 Å². The van der Waals surface area contributed by atoms with Crippen LogP contribution in [0.1, 0.15) is 40.7 Å². The van der Waals surface area contributed by atoms with Gasteiger partial charge < -0.3 is 10.2 Å². The molecule has 6 heteroatoms. The normalized spacial score (nSPS) is 16.6. The van der Waals surface area contributed by atoms with E-state index in [1.54, 1.807) is 11.0 Å². The molecule has 1 aliphatic heterocycles. The molecule has 0 spiro atoms. The Morgan fingerprint density at radius 2 is 1.57 bits per heavy atom. The number of aromatic nitrogens is 3. The van der Waals surface area contributed by atoms with E-state index in [4.69, 9.17) is 0 Å². The van der Waals surface area contributed by atoms with E-state index in [1.807, 2.05) is 96.8 Å². The Morgan fingerprint density at radius 3 is 2.33 bits per heavy atom. The predicted octanol–water partition coefficient (Wildman–Crippen LogP) is 4.60. The van der Waals surface area contributed by atoms with Crippen molar-refractivity contribution in [3.63, 3.8) is 0 Å². The Kier molecular flexibility index (Phi) is 4.52. The van der Waals surface area contributed by atoms with Gasteiger partial charge in [-0.15, -0.1) is 5.10 Å². The second-order valence-electron chi connectivity index (χ2n) is 7.29. The van der Waals surface area contributed by atoms with Crippen molar-refractivity contribution in [2.75, 3.05) is 5.32 Å². The van der Waals surface area contributed by atoms with Crippen LogP contribution >= 0.6 is 0 Å². The summed E-state index contributed by atoms with van der Waals surface area (Å²) in [5.74, 6) is -0.0278. The van der Waals surface area contributed by atoms with Gasteiger partial charge in [0.1, 0.15) is 11.9 Å². The molecule has 148 valence electrons. The van der Waals surface area contributed by atoms with Gasteiger partial charge in [0.25, 0.3) is 5.91 Å². The molecule has 1 aromatic heterocycles. The molecule has 0 bridgehead atoms. The van der Waals surface area contributed by atoms with Crippen molar-refractivity contribution >= 4 is 11.6 Å². The molecule has 1 amide bonds. The monoisotopic (exact) mass is 395 g/mol. The lowest BCUT2D eigenvalue weighted by atomic mass is 10.0. The Balaban J connectivity index is 1.58. The number of rotatable bonds is 4. The van der Waals surface area contributed by atoms with Crippen molar-refractivity contribution < 1.29 is 4.79 Å². The molecule has 1 aliphatic rings. The van der Waals surface area contributed by atoms with E-state index in [-0.39, 0.29) is 11.9 Å². The lowest BCUT2D eigenvalue weighted by molar-refractivity contribution is 0.0591. The Labute approximate surface area is 174 Å². The molecular formula is C24H21N5O. The maximum absolute atomic E-state index is 13.5. The molecule has 5 rings (SSSR count). The molecule has 3 aromatic carbocycles. The zero-order chi connectivity index (χ0) is 20.5. The number of amides is 1. The van der Waals surface area contributed by atoms with Gasteiger partial charge >= 0.3 is 0 Å². The van der Waals surface area contributed by atoms with Crippen molar-refractivity contribution in [2.45, 2.75) is 19.1 Å². The summed E-state index contributed by atoms with van der Waals surface area (Å²) < 4.78 is 0. The SMILES string of the molecule is C[C@@H](c1ccccc1)N1C(=O)c2ccccc2N[C@H]1c1cnn(-c2ccccc2)n1. The van der Waals surface area contributed by atoms with Gasteiger partial charge in [-0.05, 0) is 36.8 Å². The van der Waals surface area contributed by atoms with Gasteiger partial charge in [-0.1, -0.05) is 60.7 Å². The molecule has 0 fully saturated rings. The van der Waals surface area contributed by atoms with Gasteiger partial charge in [0.2, 0.25) is 0 Å². The molecule has 2 heterocycles. The van der Waals surface area contributed by atoms with E-state index in [1.165, 1.54) is 0 Å². The van der Waals surface area contributed by atoms with E-state index in [2.05, 4.69) is 15.5 Å². The smallest absolute Gasteiger partial charge is 0.258 e. The van der Waals surface area contributed by atoms with Crippen LogP contribution in [0.5, 0.6) is 0 Å². The van der Waals surface area contributed by atoms with Gasteiger partial charge in [-0.3, -0.25) is 4.79 Å². The molecule has 0 unspecified atom stereocenters. The minimum absolute atomic E-state index is 0.0278. The first-order chi connectivity index (χ1) is 14.7. The van der Waals surface area contributed by atoms with Crippen molar-refractivity contribution in [2.24, 2.45) is 0 Å².